The van der Waals surface area contributed by atoms with Gasteiger partial charge < -0.3 is 14.2 Å². The first-order chi connectivity index (χ1) is 15.4. The molecular formula is C23H25N3O5S. The lowest BCUT2D eigenvalue weighted by molar-refractivity contribution is -0.132. The smallest absolute Gasteiger partial charge is 0.249 e. The molecule has 3 aromatic rings. The van der Waals surface area contributed by atoms with Crippen molar-refractivity contribution >= 4 is 15.7 Å². The zero-order valence-corrected chi connectivity index (χ0v) is 18.8. The Labute approximate surface area is 187 Å². The number of likely N-dealkylation sites (tertiary alicyclic amines) is 1. The number of aromatic nitrogens is 2. The van der Waals surface area contributed by atoms with Gasteiger partial charge in [0.2, 0.25) is 17.6 Å². The Morgan fingerprint density at radius 2 is 1.88 bits per heavy atom. The summed E-state index contributed by atoms with van der Waals surface area (Å²) in [5.74, 6) is 0.926. The monoisotopic (exact) mass is 455 g/mol. The molecule has 168 valence electrons. The van der Waals surface area contributed by atoms with Gasteiger partial charge in [0, 0.05) is 18.5 Å². The van der Waals surface area contributed by atoms with Gasteiger partial charge in [0.15, 0.2) is 9.84 Å². The Hall–Kier alpha value is -3.20. The highest BCUT2D eigenvalue weighted by Crippen LogP contribution is 2.32. The fraction of sp³-hybridized carbons (Fsp3) is 0.348. The first kappa shape index (κ1) is 22.0. The van der Waals surface area contributed by atoms with E-state index in [-0.39, 0.29) is 29.0 Å². The largest absolute Gasteiger partial charge is 0.497 e. The van der Waals surface area contributed by atoms with Crippen LogP contribution in [0.15, 0.2) is 57.9 Å². The molecule has 8 nitrogen and oxygen atoms in total. The maximum Gasteiger partial charge on any atom is 0.249 e. The van der Waals surface area contributed by atoms with Crippen molar-refractivity contribution in [2.45, 2.75) is 37.1 Å². The summed E-state index contributed by atoms with van der Waals surface area (Å²) in [4.78, 5) is 19.2. The average molecular weight is 456 g/mol. The second-order valence-corrected chi connectivity index (χ2v) is 9.92. The van der Waals surface area contributed by atoms with Gasteiger partial charge in [-0.2, -0.15) is 4.98 Å². The van der Waals surface area contributed by atoms with Crippen molar-refractivity contribution in [3.8, 4) is 17.1 Å². The van der Waals surface area contributed by atoms with E-state index < -0.39 is 9.84 Å². The standard InChI is InChI=1S/C23H25N3O5S/c1-16-5-7-17(8-6-16)22-24-23(31-25-22)20-4-3-14-26(20)21(27)13-15-32(28,29)19-11-9-18(30-2)10-12-19/h5-12,20H,3-4,13-15H2,1-2H3/t20-/m0/s1. The minimum Gasteiger partial charge on any atom is -0.497 e. The first-order valence-corrected chi connectivity index (χ1v) is 12.1. The van der Waals surface area contributed by atoms with Crippen LogP contribution in [0.5, 0.6) is 5.75 Å². The molecule has 0 saturated carbocycles. The Kier molecular flexibility index (Phi) is 6.27. The number of hydrogen-bond donors (Lipinski definition) is 0. The summed E-state index contributed by atoms with van der Waals surface area (Å²) in [7, 11) is -2.07. The fourth-order valence-corrected chi connectivity index (χ4v) is 5.01. The molecule has 4 rings (SSSR count). The third-order valence-corrected chi connectivity index (χ3v) is 7.34. The van der Waals surface area contributed by atoms with Crippen molar-refractivity contribution < 1.29 is 22.5 Å². The van der Waals surface area contributed by atoms with Crippen molar-refractivity contribution in [1.29, 1.82) is 0 Å². The van der Waals surface area contributed by atoms with E-state index in [1.54, 1.807) is 17.0 Å². The van der Waals surface area contributed by atoms with Gasteiger partial charge in [-0.1, -0.05) is 35.0 Å². The molecule has 2 aromatic carbocycles. The number of hydrogen-bond acceptors (Lipinski definition) is 7. The molecular weight excluding hydrogens is 430 g/mol. The highest BCUT2D eigenvalue weighted by molar-refractivity contribution is 7.91. The van der Waals surface area contributed by atoms with Crippen LogP contribution in [-0.4, -0.2) is 48.8 Å². The molecule has 0 unspecified atom stereocenters. The predicted molar refractivity (Wildman–Crippen MR) is 118 cm³/mol. The SMILES string of the molecule is COc1ccc(S(=O)(=O)CCC(=O)N2CCC[C@H]2c2nc(-c3ccc(C)cc3)no2)cc1. The van der Waals surface area contributed by atoms with Crippen molar-refractivity contribution in [2.24, 2.45) is 0 Å². The number of benzene rings is 2. The van der Waals surface area contributed by atoms with Crippen LogP contribution in [0.4, 0.5) is 0 Å². The van der Waals surface area contributed by atoms with Crippen LogP contribution in [-0.2, 0) is 14.6 Å². The highest BCUT2D eigenvalue weighted by atomic mass is 32.2. The molecule has 0 spiro atoms. The van der Waals surface area contributed by atoms with Crippen LogP contribution < -0.4 is 4.74 Å². The number of carbonyl (C=O) groups is 1. The third-order valence-electron chi connectivity index (χ3n) is 5.61. The third kappa shape index (κ3) is 4.67. The summed E-state index contributed by atoms with van der Waals surface area (Å²) in [6.45, 7) is 2.54. The van der Waals surface area contributed by atoms with Crippen LogP contribution in [0.3, 0.4) is 0 Å². The lowest BCUT2D eigenvalue weighted by Crippen LogP contribution is -2.32. The minimum absolute atomic E-state index is 0.107. The van der Waals surface area contributed by atoms with Crippen LogP contribution >= 0.6 is 0 Å². The number of rotatable bonds is 7. The molecule has 0 bridgehead atoms. The highest BCUT2D eigenvalue weighted by Gasteiger charge is 2.34. The zero-order valence-electron chi connectivity index (χ0n) is 18.0. The molecule has 1 aromatic heterocycles. The normalized spacial score (nSPS) is 16.3. The number of sulfone groups is 1. The summed E-state index contributed by atoms with van der Waals surface area (Å²) in [6.07, 6.45) is 1.39. The molecule has 1 aliphatic heterocycles. The van der Waals surface area contributed by atoms with E-state index in [1.165, 1.54) is 19.2 Å². The van der Waals surface area contributed by atoms with Gasteiger partial charge in [0.05, 0.1) is 17.8 Å². The number of methoxy groups -OCH3 is 1. The number of amides is 1. The van der Waals surface area contributed by atoms with Crippen molar-refractivity contribution in [1.82, 2.24) is 15.0 Å². The molecule has 0 N–H and O–H groups in total. The summed E-state index contributed by atoms with van der Waals surface area (Å²) in [5.41, 5.74) is 1.97. The van der Waals surface area contributed by atoms with Crippen molar-refractivity contribution in [3.05, 3.63) is 60.0 Å². The van der Waals surface area contributed by atoms with Crippen LogP contribution in [0.25, 0.3) is 11.4 Å². The minimum atomic E-state index is -3.58. The molecule has 1 fully saturated rings. The topological polar surface area (TPSA) is 103 Å². The molecule has 0 aliphatic carbocycles. The second kappa shape index (κ2) is 9.12. The van der Waals surface area contributed by atoms with E-state index in [0.717, 1.165) is 17.5 Å². The Balaban J connectivity index is 1.43. The lowest BCUT2D eigenvalue weighted by Gasteiger charge is -2.21. The molecule has 1 aliphatic rings. The molecule has 1 atom stereocenters. The van der Waals surface area contributed by atoms with Crippen LogP contribution in [0, 0.1) is 6.92 Å². The molecule has 1 amide bonds. The summed E-state index contributed by atoms with van der Waals surface area (Å²) in [5, 5.41) is 4.06. The van der Waals surface area contributed by atoms with E-state index in [0.29, 0.717) is 30.4 Å². The van der Waals surface area contributed by atoms with E-state index >= 15 is 0 Å². The Morgan fingerprint density at radius 3 is 2.56 bits per heavy atom. The average Bonchev–Trinajstić information content (AvgIpc) is 3.48. The van der Waals surface area contributed by atoms with Gasteiger partial charge >= 0.3 is 0 Å². The maximum absolute atomic E-state index is 12.9. The lowest BCUT2D eigenvalue weighted by atomic mass is 10.1. The van der Waals surface area contributed by atoms with Gasteiger partial charge in [0.1, 0.15) is 11.8 Å². The number of carbonyl (C=O) groups excluding carboxylic acids is 1. The number of aryl methyl sites for hydroxylation is 1. The van der Waals surface area contributed by atoms with Crippen molar-refractivity contribution in [2.75, 3.05) is 19.4 Å². The van der Waals surface area contributed by atoms with Gasteiger partial charge in [0.25, 0.3) is 0 Å². The molecule has 2 heterocycles. The Morgan fingerprint density at radius 1 is 1.16 bits per heavy atom. The second-order valence-electron chi connectivity index (χ2n) is 7.81. The maximum atomic E-state index is 12.9. The van der Waals surface area contributed by atoms with E-state index in [9.17, 15) is 13.2 Å². The fourth-order valence-electron chi connectivity index (χ4n) is 3.78. The van der Waals surface area contributed by atoms with Crippen LogP contribution in [0.2, 0.25) is 0 Å². The van der Waals surface area contributed by atoms with Gasteiger partial charge in [-0.15, -0.1) is 0 Å². The quantitative estimate of drug-likeness (QED) is 0.536. The zero-order chi connectivity index (χ0) is 22.7. The van der Waals surface area contributed by atoms with Gasteiger partial charge in [-0.3, -0.25) is 4.79 Å². The summed E-state index contributed by atoms with van der Waals surface area (Å²) in [6, 6.07) is 13.6. The molecule has 0 radical (unpaired) electrons. The van der Waals surface area contributed by atoms with Gasteiger partial charge in [-0.05, 0) is 44.0 Å². The van der Waals surface area contributed by atoms with Crippen LogP contribution in [0.1, 0.15) is 36.8 Å². The summed E-state index contributed by atoms with van der Waals surface area (Å²) < 4.78 is 35.8. The molecule has 32 heavy (non-hydrogen) atoms. The van der Waals surface area contributed by atoms with Crippen molar-refractivity contribution in [3.63, 3.8) is 0 Å². The first-order valence-electron chi connectivity index (χ1n) is 10.4. The predicted octanol–water partition coefficient (Wildman–Crippen LogP) is 3.58. The number of ether oxygens (including phenoxy) is 1. The number of nitrogens with zero attached hydrogens (tertiary/aromatic N) is 3. The molecule has 9 heteroatoms. The Bertz CT molecular complexity index is 1190. The summed E-state index contributed by atoms with van der Waals surface area (Å²) >= 11 is 0. The van der Waals surface area contributed by atoms with E-state index in [1.807, 2.05) is 31.2 Å². The molecule has 1 saturated heterocycles. The van der Waals surface area contributed by atoms with E-state index in [2.05, 4.69) is 10.1 Å². The van der Waals surface area contributed by atoms with Gasteiger partial charge in [-0.25, -0.2) is 8.42 Å². The van der Waals surface area contributed by atoms with E-state index in [4.69, 9.17) is 9.26 Å².